The van der Waals surface area contributed by atoms with Crippen LogP contribution in [0.3, 0.4) is 0 Å². The van der Waals surface area contributed by atoms with E-state index in [1.165, 1.54) is 18.4 Å². The molecule has 0 bridgehead atoms. The minimum Gasteiger partial charge on any atom is -0.351 e. The van der Waals surface area contributed by atoms with Gasteiger partial charge in [0.2, 0.25) is 5.91 Å². The zero-order valence-electron chi connectivity index (χ0n) is 10.5. The summed E-state index contributed by atoms with van der Waals surface area (Å²) >= 11 is 0. The van der Waals surface area contributed by atoms with Crippen LogP contribution in [-0.2, 0) is 11.2 Å². The topological polar surface area (TPSA) is 29.1 Å². The predicted molar refractivity (Wildman–Crippen MR) is 69.8 cm³/mol. The highest BCUT2D eigenvalue weighted by molar-refractivity contribution is 5.73. The van der Waals surface area contributed by atoms with Gasteiger partial charge in [-0.1, -0.05) is 43.2 Å². The maximum absolute atomic E-state index is 11.3. The Bertz CT molecular complexity index is 366. The van der Waals surface area contributed by atoms with E-state index in [1.807, 2.05) is 6.07 Å². The van der Waals surface area contributed by atoms with Gasteiger partial charge in [-0.3, -0.25) is 4.79 Å². The Morgan fingerprint density at radius 2 is 1.88 bits per heavy atom. The maximum atomic E-state index is 11.3. The summed E-state index contributed by atoms with van der Waals surface area (Å²) in [4.78, 5) is 11.3. The molecular weight excluding hydrogens is 210 g/mol. The van der Waals surface area contributed by atoms with Crippen molar-refractivity contribution in [2.24, 2.45) is 0 Å². The predicted octanol–water partition coefficient (Wildman–Crippen LogP) is 3.07. The Balaban J connectivity index is 1.96. The third-order valence-corrected chi connectivity index (χ3v) is 3.74. The van der Waals surface area contributed by atoms with Crippen LogP contribution in [-0.4, -0.2) is 11.4 Å². The van der Waals surface area contributed by atoms with Crippen molar-refractivity contribution in [2.75, 3.05) is 0 Å². The molecule has 1 aliphatic rings. The van der Waals surface area contributed by atoms with E-state index in [0.717, 1.165) is 25.7 Å². The zero-order valence-corrected chi connectivity index (χ0v) is 10.5. The van der Waals surface area contributed by atoms with Gasteiger partial charge >= 0.3 is 0 Å². The van der Waals surface area contributed by atoms with Crippen molar-refractivity contribution in [3.05, 3.63) is 35.9 Å². The van der Waals surface area contributed by atoms with Crippen molar-refractivity contribution < 1.29 is 4.79 Å². The van der Waals surface area contributed by atoms with E-state index in [9.17, 15) is 4.79 Å². The van der Waals surface area contributed by atoms with Gasteiger partial charge in [-0.2, -0.15) is 0 Å². The maximum Gasteiger partial charge on any atom is 0.217 e. The minimum atomic E-state index is 0.0711. The Labute approximate surface area is 103 Å². The van der Waals surface area contributed by atoms with Gasteiger partial charge in [-0.25, -0.2) is 0 Å². The van der Waals surface area contributed by atoms with Gasteiger partial charge in [0, 0.05) is 12.5 Å². The molecule has 1 saturated carbocycles. The second-order valence-electron chi connectivity index (χ2n) is 5.15. The van der Waals surface area contributed by atoms with Gasteiger partial charge in [0.1, 0.15) is 0 Å². The molecule has 0 spiro atoms. The Morgan fingerprint density at radius 1 is 1.24 bits per heavy atom. The molecule has 2 rings (SSSR count). The van der Waals surface area contributed by atoms with Crippen molar-refractivity contribution in [3.63, 3.8) is 0 Å². The van der Waals surface area contributed by atoms with Crippen LogP contribution in [0.1, 0.15) is 44.6 Å². The van der Waals surface area contributed by atoms with Gasteiger partial charge in [-0.15, -0.1) is 0 Å². The van der Waals surface area contributed by atoms with E-state index in [0.29, 0.717) is 0 Å². The van der Waals surface area contributed by atoms with Crippen LogP contribution < -0.4 is 5.32 Å². The molecule has 1 N–H and O–H groups in total. The molecule has 0 unspecified atom stereocenters. The van der Waals surface area contributed by atoms with Crippen LogP contribution in [0.5, 0.6) is 0 Å². The highest BCUT2D eigenvalue weighted by Crippen LogP contribution is 2.33. The van der Waals surface area contributed by atoms with Crippen molar-refractivity contribution in [2.45, 2.75) is 51.0 Å². The SMILES string of the molecule is CC(=O)NC1(CCc2ccccc2)CCCC1. The molecular formula is C15H21NO. The molecule has 2 heteroatoms. The van der Waals surface area contributed by atoms with Gasteiger partial charge in [0.25, 0.3) is 0 Å². The molecule has 0 radical (unpaired) electrons. The van der Waals surface area contributed by atoms with Crippen LogP contribution in [0.2, 0.25) is 0 Å². The molecule has 0 heterocycles. The third-order valence-electron chi connectivity index (χ3n) is 3.74. The zero-order chi connectivity index (χ0) is 12.1. The van der Waals surface area contributed by atoms with Gasteiger partial charge < -0.3 is 5.32 Å². The summed E-state index contributed by atoms with van der Waals surface area (Å²) in [5, 5.41) is 3.19. The van der Waals surface area contributed by atoms with Crippen molar-refractivity contribution in [1.82, 2.24) is 5.32 Å². The molecule has 0 saturated heterocycles. The van der Waals surface area contributed by atoms with E-state index in [4.69, 9.17) is 0 Å². The molecule has 1 aromatic carbocycles. The summed E-state index contributed by atoms with van der Waals surface area (Å²) < 4.78 is 0. The number of hydrogen-bond acceptors (Lipinski definition) is 1. The molecule has 1 amide bonds. The molecule has 1 aromatic rings. The normalized spacial score (nSPS) is 17.9. The summed E-state index contributed by atoms with van der Waals surface area (Å²) in [6, 6.07) is 10.5. The van der Waals surface area contributed by atoms with Gasteiger partial charge in [-0.05, 0) is 31.2 Å². The highest BCUT2D eigenvalue weighted by atomic mass is 16.1. The second-order valence-corrected chi connectivity index (χ2v) is 5.15. The van der Waals surface area contributed by atoms with Crippen molar-refractivity contribution in [1.29, 1.82) is 0 Å². The first-order chi connectivity index (χ1) is 8.20. The number of hydrogen-bond donors (Lipinski definition) is 1. The first-order valence-electron chi connectivity index (χ1n) is 6.53. The fourth-order valence-corrected chi connectivity index (χ4v) is 2.89. The van der Waals surface area contributed by atoms with E-state index >= 15 is 0 Å². The summed E-state index contributed by atoms with van der Waals surface area (Å²) in [7, 11) is 0. The fraction of sp³-hybridized carbons (Fsp3) is 0.533. The standard InChI is InChI=1S/C15H21NO/c1-13(17)16-15(10-5-6-11-15)12-9-14-7-3-2-4-8-14/h2-4,7-8H,5-6,9-12H2,1H3,(H,16,17). The quantitative estimate of drug-likeness (QED) is 0.847. The smallest absolute Gasteiger partial charge is 0.217 e. The number of nitrogens with one attached hydrogen (secondary N) is 1. The van der Waals surface area contributed by atoms with E-state index < -0.39 is 0 Å². The van der Waals surface area contributed by atoms with Crippen LogP contribution in [0, 0.1) is 0 Å². The fourth-order valence-electron chi connectivity index (χ4n) is 2.89. The minimum absolute atomic E-state index is 0.0711. The van der Waals surface area contributed by atoms with Crippen molar-refractivity contribution in [3.8, 4) is 0 Å². The molecule has 2 nitrogen and oxygen atoms in total. The Hall–Kier alpha value is -1.31. The highest BCUT2D eigenvalue weighted by Gasteiger charge is 2.33. The first-order valence-corrected chi connectivity index (χ1v) is 6.53. The lowest BCUT2D eigenvalue weighted by Gasteiger charge is -2.30. The van der Waals surface area contributed by atoms with Crippen molar-refractivity contribution >= 4 is 5.91 Å². The van der Waals surface area contributed by atoms with E-state index in [2.05, 4.69) is 29.6 Å². The lowest BCUT2D eigenvalue weighted by molar-refractivity contribution is -0.120. The molecule has 1 aliphatic carbocycles. The molecule has 17 heavy (non-hydrogen) atoms. The molecule has 92 valence electrons. The first kappa shape index (κ1) is 12.2. The lowest BCUT2D eigenvalue weighted by atomic mass is 9.89. The number of amides is 1. The van der Waals surface area contributed by atoms with Gasteiger partial charge in [0.05, 0.1) is 0 Å². The molecule has 0 atom stereocenters. The summed E-state index contributed by atoms with van der Waals surface area (Å²) in [5.41, 5.74) is 1.44. The number of benzene rings is 1. The average Bonchev–Trinajstić information content (AvgIpc) is 2.76. The Kier molecular flexibility index (Phi) is 3.82. The third kappa shape index (κ3) is 3.32. The molecule has 1 fully saturated rings. The average molecular weight is 231 g/mol. The summed E-state index contributed by atoms with van der Waals surface area (Å²) in [6.07, 6.45) is 6.89. The van der Waals surface area contributed by atoms with E-state index in [-0.39, 0.29) is 11.4 Å². The number of carbonyl (C=O) groups excluding carboxylic acids is 1. The van der Waals surface area contributed by atoms with Crippen LogP contribution >= 0.6 is 0 Å². The van der Waals surface area contributed by atoms with Crippen LogP contribution in [0.15, 0.2) is 30.3 Å². The summed E-state index contributed by atoms with van der Waals surface area (Å²) in [5.74, 6) is 0.111. The Morgan fingerprint density at radius 3 is 2.47 bits per heavy atom. The monoisotopic (exact) mass is 231 g/mol. The van der Waals surface area contributed by atoms with E-state index in [1.54, 1.807) is 6.92 Å². The summed E-state index contributed by atoms with van der Waals surface area (Å²) in [6.45, 7) is 1.63. The van der Waals surface area contributed by atoms with Crippen LogP contribution in [0.4, 0.5) is 0 Å². The number of aryl methyl sites for hydroxylation is 1. The number of rotatable bonds is 4. The van der Waals surface area contributed by atoms with Gasteiger partial charge in [0.15, 0.2) is 0 Å². The number of carbonyl (C=O) groups is 1. The van der Waals surface area contributed by atoms with Crippen LogP contribution in [0.25, 0.3) is 0 Å². The largest absolute Gasteiger partial charge is 0.351 e. The molecule has 0 aliphatic heterocycles. The second kappa shape index (κ2) is 5.35. The molecule has 0 aromatic heterocycles. The lowest BCUT2D eigenvalue weighted by Crippen LogP contribution is -2.45.